The number of hydrogen-bond acceptors (Lipinski definition) is 5. The van der Waals surface area contributed by atoms with Crippen LogP contribution in [0, 0.1) is 6.92 Å². The molecule has 0 aliphatic carbocycles. The minimum Gasteiger partial charge on any atom is -0.353 e. The first kappa shape index (κ1) is 18.9. The Morgan fingerprint density at radius 3 is 2.48 bits per heavy atom. The van der Waals surface area contributed by atoms with Gasteiger partial charge < -0.3 is 15.1 Å². The van der Waals surface area contributed by atoms with Gasteiger partial charge >= 0.3 is 0 Å². The molecule has 1 N–H and O–H groups in total. The average molecular weight is 390 g/mol. The minimum absolute atomic E-state index is 0.684. The van der Waals surface area contributed by atoms with Gasteiger partial charge in [0.05, 0.1) is 0 Å². The SMILES string of the molecule is CN=C(NCc1ccc(-n2ccnc2C)nc1)N1CCN(c2ccccn2)CC1. The molecule has 1 aliphatic rings. The molecule has 0 bridgehead atoms. The van der Waals surface area contributed by atoms with Crippen molar-refractivity contribution in [1.29, 1.82) is 0 Å². The lowest BCUT2D eigenvalue weighted by atomic mass is 10.2. The molecule has 4 heterocycles. The Bertz CT molecular complexity index is 940. The van der Waals surface area contributed by atoms with E-state index in [1.807, 2.05) is 55.3 Å². The van der Waals surface area contributed by atoms with E-state index in [-0.39, 0.29) is 0 Å². The van der Waals surface area contributed by atoms with Crippen molar-refractivity contribution < 1.29 is 0 Å². The lowest BCUT2D eigenvalue weighted by molar-refractivity contribution is 0.371. The predicted molar refractivity (Wildman–Crippen MR) is 114 cm³/mol. The monoisotopic (exact) mass is 390 g/mol. The van der Waals surface area contributed by atoms with E-state index in [0.717, 1.165) is 55.2 Å². The van der Waals surface area contributed by atoms with Crippen molar-refractivity contribution in [3.8, 4) is 5.82 Å². The third kappa shape index (κ3) is 4.37. The molecule has 3 aromatic heterocycles. The van der Waals surface area contributed by atoms with Crippen LogP contribution in [0.4, 0.5) is 5.82 Å². The number of piperazine rings is 1. The molecule has 1 saturated heterocycles. The molecule has 0 amide bonds. The molecule has 0 radical (unpaired) electrons. The van der Waals surface area contributed by atoms with Gasteiger partial charge in [0.1, 0.15) is 17.5 Å². The van der Waals surface area contributed by atoms with E-state index in [0.29, 0.717) is 6.54 Å². The van der Waals surface area contributed by atoms with E-state index in [2.05, 4.69) is 47.2 Å². The normalized spacial score (nSPS) is 14.9. The molecule has 0 atom stereocenters. The van der Waals surface area contributed by atoms with Gasteiger partial charge in [0.2, 0.25) is 0 Å². The lowest BCUT2D eigenvalue weighted by Gasteiger charge is -2.37. The fourth-order valence-corrected chi connectivity index (χ4v) is 3.49. The van der Waals surface area contributed by atoms with Gasteiger partial charge in [0.15, 0.2) is 5.96 Å². The summed E-state index contributed by atoms with van der Waals surface area (Å²) < 4.78 is 1.97. The Kier molecular flexibility index (Phi) is 5.69. The van der Waals surface area contributed by atoms with E-state index < -0.39 is 0 Å². The molecule has 0 spiro atoms. The zero-order chi connectivity index (χ0) is 20.1. The van der Waals surface area contributed by atoms with Crippen LogP contribution < -0.4 is 10.2 Å². The van der Waals surface area contributed by atoms with Gasteiger partial charge in [-0.05, 0) is 30.7 Å². The predicted octanol–water partition coefficient (Wildman–Crippen LogP) is 1.87. The number of guanidine groups is 1. The average Bonchev–Trinajstić information content (AvgIpc) is 3.21. The molecule has 1 aliphatic heterocycles. The highest BCUT2D eigenvalue weighted by molar-refractivity contribution is 5.80. The standard InChI is InChI=1S/C21H26N8/c1-17-23-9-10-29(17)20-7-6-18(15-25-20)16-26-21(22-2)28-13-11-27(12-14-28)19-5-3-4-8-24-19/h3-10,15H,11-14,16H2,1-2H3,(H,22,26). The maximum absolute atomic E-state index is 4.56. The maximum Gasteiger partial charge on any atom is 0.194 e. The molecule has 150 valence electrons. The minimum atomic E-state index is 0.684. The van der Waals surface area contributed by atoms with Gasteiger partial charge in [-0.15, -0.1) is 0 Å². The van der Waals surface area contributed by atoms with Gasteiger partial charge in [0, 0.05) is 64.6 Å². The van der Waals surface area contributed by atoms with Crippen molar-refractivity contribution in [2.45, 2.75) is 13.5 Å². The van der Waals surface area contributed by atoms with E-state index in [9.17, 15) is 0 Å². The maximum atomic E-state index is 4.56. The summed E-state index contributed by atoms with van der Waals surface area (Å²) in [5.74, 6) is 3.75. The van der Waals surface area contributed by atoms with Gasteiger partial charge in [-0.25, -0.2) is 15.0 Å². The highest BCUT2D eigenvalue weighted by Gasteiger charge is 2.20. The Morgan fingerprint density at radius 1 is 1.00 bits per heavy atom. The molecular weight excluding hydrogens is 364 g/mol. The molecule has 4 rings (SSSR count). The molecule has 0 saturated carbocycles. The summed E-state index contributed by atoms with van der Waals surface area (Å²) in [5.41, 5.74) is 1.11. The van der Waals surface area contributed by atoms with Crippen LogP contribution >= 0.6 is 0 Å². The number of imidazole rings is 1. The summed E-state index contributed by atoms with van der Waals surface area (Å²) in [7, 11) is 1.83. The van der Waals surface area contributed by atoms with Crippen LogP contribution in [0.1, 0.15) is 11.4 Å². The smallest absolute Gasteiger partial charge is 0.194 e. The Balaban J connectivity index is 1.31. The van der Waals surface area contributed by atoms with Crippen molar-refractivity contribution >= 4 is 11.8 Å². The number of hydrogen-bond donors (Lipinski definition) is 1. The topological polar surface area (TPSA) is 74.5 Å². The lowest BCUT2D eigenvalue weighted by Crippen LogP contribution is -2.52. The Morgan fingerprint density at radius 2 is 1.86 bits per heavy atom. The van der Waals surface area contributed by atoms with Crippen LogP contribution in [0.25, 0.3) is 5.82 Å². The molecule has 29 heavy (non-hydrogen) atoms. The Labute approximate surface area is 171 Å². The fraction of sp³-hybridized carbons (Fsp3) is 0.333. The van der Waals surface area contributed by atoms with Crippen molar-refractivity contribution in [2.24, 2.45) is 4.99 Å². The molecule has 3 aromatic rings. The number of rotatable bonds is 4. The third-order valence-corrected chi connectivity index (χ3v) is 5.10. The largest absolute Gasteiger partial charge is 0.353 e. The van der Waals surface area contributed by atoms with Crippen LogP contribution in [0.15, 0.2) is 60.1 Å². The van der Waals surface area contributed by atoms with Crippen LogP contribution in [-0.4, -0.2) is 63.6 Å². The molecule has 0 aromatic carbocycles. The number of aromatic nitrogens is 4. The van der Waals surface area contributed by atoms with Gasteiger partial charge in [-0.1, -0.05) is 12.1 Å². The number of anilines is 1. The number of aryl methyl sites for hydroxylation is 1. The molecular formula is C21H26N8. The summed E-state index contributed by atoms with van der Waals surface area (Å²) in [6, 6.07) is 10.1. The first-order chi connectivity index (χ1) is 14.2. The third-order valence-electron chi connectivity index (χ3n) is 5.10. The summed E-state index contributed by atoms with van der Waals surface area (Å²) >= 11 is 0. The summed E-state index contributed by atoms with van der Waals surface area (Å²) in [4.78, 5) is 22.3. The number of pyridine rings is 2. The first-order valence-electron chi connectivity index (χ1n) is 9.81. The summed E-state index contributed by atoms with van der Waals surface area (Å²) in [6.07, 6.45) is 7.44. The summed E-state index contributed by atoms with van der Waals surface area (Å²) in [6.45, 7) is 6.33. The fourth-order valence-electron chi connectivity index (χ4n) is 3.49. The van der Waals surface area contributed by atoms with Crippen LogP contribution in [0.2, 0.25) is 0 Å². The van der Waals surface area contributed by atoms with Crippen LogP contribution in [0.3, 0.4) is 0 Å². The van der Waals surface area contributed by atoms with Gasteiger partial charge in [-0.3, -0.25) is 9.56 Å². The molecule has 8 heteroatoms. The highest BCUT2D eigenvalue weighted by Crippen LogP contribution is 2.13. The van der Waals surface area contributed by atoms with E-state index >= 15 is 0 Å². The second kappa shape index (κ2) is 8.72. The molecule has 0 unspecified atom stereocenters. The van der Waals surface area contributed by atoms with E-state index in [1.54, 1.807) is 6.20 Å². The van der Waals surface area contributed by atoms with Crippen molar-refractivity contribution in [3.05, 3.63) is 66.5 Å². The number of aliphatic imine (C=N–C) groups is 1. The number of nitrogens with zero attached hydrogens (tertiary/aromatic N) is 7. The van der Waals surface area contributed by atoms with Crippen LogP contribution in [-0.2, 0) is 6.54 Å². The zero-order valence-corrected chi connectivity index (χ0v) is 16.9. The zero-order valence-electron chi connectivity index (χ0n) is 16.9. The van der Waals surface area contributed by atoms with Gasteiger partial charge in [-0.2, -0.15) is 0 Å². The van der Waals surface area contributed by atoms with E-state index in [1.165, 1.54) is 0 Å². The summed E-state index contributed by atoms with van der Waals surface area (Å²) in [5, 5.41) is 3.46. The molecule has 1 fully saturated rings. The van der Waals surface area contributed by atoms with Crippen LogP contribution in [0.5, 0.6) is 0 Å². The number of nitrogens with one attached hydrogen (secondary N) is 1. The van der Waals surface area contributed by atoms with Crippen molar-refractivity contribution in [2.75, 3.05) is 38.1 Å². The molecule has 8 nitrogen and oxygen atoms in total. The van der Waals surface area contributed by atoms with Gasteiger partial charge in [0.25, 0.3) is 0 Å². The van der Waals surface area contributed by atoms with Crippen molar-refractivity contribution in [1.82, 2.24) is 29.7 Å². The highest BCUT2D eigenvalue weighted by atomic mass is 15.4. The first-order valence-corrected chi connectivity index (χ1v) is 9.81. The quantitative estimate of drug-likeness (QED) is 0.542. The second-order valence-corrected chi connectivity index (χ2v) is 6.93. The second-order valence-electron chi connectivity index (χ2n) is 6.93. The Hall–Kier alpha value is -3.42. The van der Waals surface area contributed by atoms with Crippen molar-refractivity contribution in [3.63, 3.8) is 0 Å². The van der Waals surface area contributed by atoms with E-state index in [4.69, 9.17) is 0 Å².